The number of rotatable bonds is 7. The van der Waals surface area contributed by atoms with Gasteiger partial charge in [-0.1, -0.05) is 77.4 Å². The number of aryl methyl sites for hydroxylation is 1. The molecule has 7 unspecified atom stereocenters. The Morgan fingerprint density at radius 2 is 1.92 bits per heavy atom. The zero-order chi connectivity index (χ0) is 25.8. The van der Waals surface area contributed by atoms with Gasteiger partial charge in [0.15, 0.2) is 5.13 Å². The summed E-state index contributed by atoms with van der Waals surface area (Å²) in [6, 6.07) is 6.01. The molecule has 2 heterocycles. The van der Waals surface area contributed by atoms with Crippen LogP contribution in [0.25, 0.3) is 5.57 Å². The summed E-state index contributed by atoms with van der Waals surface area (Å²) in [5.41, 5.74) is 3.81. The fourth-order valence-electron chi connectivity index (χ4n) is 9.50. The zero-order valence-corrected chi connectivity index (χ0v) is 24.5. The molecule has 7 atom stereocenters. The van der Waals surface area contributed by atoms with Crippen LogP contribution in [-0.2, 0) is 6.42 Å². The maximum Gasteiger partial charge on any atom is 0.189 e. The second-order valence-electron chi connectivity index (χ2n) is 13.8. The van der Waals surface area contributed by atoms with Crippen LogP contribution in [0.15, 0.2) is 30.5 Å². The number of nitrogens with one attached hydrogen (secondary N) is 1. The van der Waals surface area contributed by atoms with Crippen LogP contribution in [0.3, 0.4) is 0 Å². The number of anilines is 2. The fourth-order valence-corrected chi connectivity index (χ4v) is 10.7. The van der Waals surface area contributed by atoms with Crippen LogP contribution in [0.2, 0.25) is 0 Å². The van der Waals surface area contributed by atoms with E-state index in [-0.39, 0.29) is 0 Å². The first-order valence-corrected chi connectivity index (χ1v) is 16.0. The second kappa shape index (κ2) is 9.81. The third-order valence-electron chi connectivity index (χ3n) is 11.4. The number of thiazole rings is 1. The van der Waals surface area contributed by atoms with Crippen LogP contribution in [0.1, 0.15) is 103 Å². The average molecular weight is 518 g/mol. The highest BCUT2D eigenvalue weighted by atomic mass is 32.1. The lowest BCUT2D eigenvalue weighted by molar-refractivity contribution is -0.0392. The van der Waals surface area contributed by atoms with Crippen molar-refractivity contribution in [3.05, 3.63) is 41.0 Å². The Morgan fingerprint density at radius 1 is 1.05 bits per heavy atom. The minimum absolute atomic E-state index is 0.313. The summed E-state index contributed by atoms with van der Waals surface area (Å²) in [7, 11) is 0. The van der Waals surface area contributed by atoms with Crippen molar-refractivity contribution in [2.24, 2.45) is 46.3 Å². The van der Waals surface area contributed by atoms with Crippen LogP contribution in [0, 0.1) is 46.3 Å². The summed E-state index contributed by atoms with van der Waals surface area (Å²) < 4.78 is 0. The predicted molar refractivity (Wildman–Crippen MR) is 157 cm³/mol. The van der Waals surface area contributed by atoms with Crippen LogP contribution in [-0.4, -0.2) is 9.97 Å². The van der Waals surface area contributed by atoms with E-state index in [1.165, 1.54) is 68.4 Å². The van der Waals surface area contributed by atoms with Crippen LogP contribution in [0.5, 0.6) is 0 Å². The first-order valence-electron chi connectivity index (χ1n) is 15.2. The second-order valence-corrected chi connectivity index (χ2v) is 14.8. The van der Waals surface area contributed by atoms with Gasteiger partial charge < -0.3 is 5.32 Å². The molecule has 0 radical (unpaired) electrons. The van der Waals surface area contributed by atoms with Crippen molar-refractivity contribution in [2.75, 3.05) is 5.32 Å². The third kappa shape index (κ3) is 4.39. The summed E-state index contributed by atoms with van der Waals surface area (Å²) in [5, 5.41) is 4.46. The van der Waals surface area contributed by atoms with Crippen molar-refractivity contribution in [3.63, 3.8) is 0 Å². The highest BCUT2D eigenvalue weighted by molar-refractivity contribution is 7.16. The summed E-state index contributed by atoms with van der Waals surface area (Å²) in [6.45, 7) is 12.7. The molecule has 1 N–H and O–H groups in total. The molecule has 0 saturated heterocycles. The largest absolute Gasteiger partial charge is 0.316 e. The van der Waals surface area contributed by atoms with E-state index in [0.717, 1.165) is 52.9 Å². The van der Waals surface area contributed by atoms with Crippen molar-refractivity contribution in [3.8, 4) is 0 Å². The van der Waals surface area contributed by atoms with Gasteiger partial charge in [-0.15, -0.1) is 0 Å². The Hall–Kier alpha value is -1.68. The van der Waals surface area contributed by atoms with Gasteiger partial charge in [0.2, 0.25) is 0 Å². The van der Waals surface area contributed by atoms with E-state index in [4.69, 9.17) is 4.98 Å². The third-order valence-corrected chi connectivity index (χ3v) is 12.4. The van der Waals surface area contributed by atoms with E-state index in [9.17, 15) is 0 Å². The Morgan fingerprint density at radius 3 is 2.70 bits per heavy atom. The highest BCUT2D eigenvalue weighted by Crippen LogP contribution is 2.68. The standard InChI is InChI=1S/C33H47N3S/c1-21(2)9-8-10-22(3)24-14-15-25-23-12-13-27-30-28(35-31(37-30)36-29-11-6-7-20-34-29)17-19-33(27,5)26(23)16-18-32(24,25)4/h6-7,11,13,20-26H,8-10,12,14-19H2,1-5H3,(H,34,35,36). The molecule has 0 spiro atoms. The summed E-state index contributed by atoms with van der Waals surface area (Å²) in [4.78, 5) is 10.9. The topological polar surface area (TPSA) is 37.8 Å². The summed E-state index contributed by atoms with van der Waals surface area (Å²) in [6.07, 6.45) is 18.2. The van der Waals surface area contributed by atoms with Gasteiger partial charge in [-0.05, 0) is 109 Å². The number of pyridine rings is 1. The van der Waals surface area contributed by atoms with E-state index < -0.39 is 0 Å². The Kier molecular flexibility index (Phi) is 6.79. The summed E-state index contributed by atoms with van der Waals surface area (Å²) in [5.74, 6) is 6.18. The average Bonchev–Trinajstić information content (AvgIpc) is 3.44. The van der Waals surface area contributed by atoms with E-state index >= 15 is 0 Å². The lowest BCUT2D eigenvalue weighted by Gasteiger charge is -2.57. The van der Waals surface area contributed by atoms with E-state index in [1.54, 1.807) is 5.57 Å². The molecule has 0 aromatic carbocycles. The molecule has 4 heteroatoms. The van der Waals surface area contributed by atoms with Crippen molar-refractivity contribution < 1.29 is 0 Å². The molecule has 2 aromatic rings. The molecule has 200 valence electrons. The lowest BCUT2D eigenvalue weighted by atomic mass is 9.47. The van der Waals surface area contributed by atoms with E-state index in [2.05, 4.69) is 51.0 Å². The first kappa shape index (κ1) is 25.6. The van der Waals surface area contributed by atoms with Gasteiger partial charge in [0.1, 0.15) is 5.82 Å². The molecule has 37 heavy (non-hydrogen) atoms. The molecule has 0 aliphatic heterocycles. The van der Waals surface area contributed by atoms with Crippen molar-refractivity contribution >= 4 is 27.9 Å². The lowest BCUT2D eigenvalue weighted by Crippen LogP contribution is -2.49. The SMILES string of the molecule is CC(C)CCCC(C)C1CCC2C3CC=C4c5sc(Nc6ccccn6)nc5CCC4(C)C3CCC12C. The quantitative estimate of drug-likeness (QED) is 0.397. The molecular weight excluding hydrogens is 470 g/mol. The minimum atomic E-state index is 0.313. The number of hydrogen-bond acceptors (Lipinski definition) is 4. The monoisotopic (exact) mass is 517 g/mol. The van der Waals surface area contributed by atoms with Gasteiger partial charge in [-0.3, -0.25) is 0 Å². The molecule has 6 rings (SSSR count). The zero-order valence-electron chi connectivity index (χ0n) is 23.7. The normalized spacial score (nSPS) is 35.2. The molecule has 2 aromatic heterocycles. The van der Waals surface area contributed by atoms with Gasteiger partial charge >= 0.3 is 0 Å². The molecule has 0 bridgehead atoms. The Bertz CT molecular complexity index is 1140. The molecule has 4 aliphatic carbocycles. The van der Waals surface area contributed by atoms with E-state index in [1.807, 2.05) is 35.7 Å². The summed E-state index contributed by atoms with van der Waals surface area (Å²) >= 11 is 1.86. The van der Waals surface area contributed by atoms with Crippen LogP contribution < -0.4 is 5.32 Å². The minimum Gasteiger partial charge on any atom is -0.316 e. The maximum atomic E-state index is 5.03. The van der Waals surface area contributed by atoms with Gasteiger partial charge in [-0.25, -0.2) is 9.97 Å². The maximum absolute atomic E-state index is 5.03. The number of nitrogens with zero attached hydrogens (tertiary/aromatic N) is 2. The Balaban J connectivity index is 1.22. The van der Waals surface area contributed by atoms with Gasteiger partial charge in [0, 0.05) is 6.20 Å². The molecule has 3 nitrogen and oxygen atoms in total. The van der Waals surface area contributed by atoms with Crippen molar-refractivity contribution in [1.29, 1.82) is 0 Å². The number of hydrogen-bond donors (Lipinski definition) is 1. The smallest absolute Gasteiger partial charge is 0.189 e. The molecule has 2 fully saturated rings. The fraction of sp³-hybridized carbons (Fsp3) is 0.697. The van der Waals surface area contributed by atoms with Crippen molar-refractivity contribution in [1.82, 2.24) is 9.97 Å². The molecule has 2 saturated carbocycles. The number of allylic oxidation sites excluding steroid dienone is 2. The number of aromatic nitrogens is 2. The molecule has 4 aliphatic rings. The molecular formula is C33H47N3S. The highest BCUT2D eigenvalue weighted by Gasteiger charge is 2.59. The van der Waals surface area contributed by atoms with Crippen LogP contribution in [0.4, 0.5) is 10.9 Å². The van der Waals surface area contributed by atoms with Crippen LogP contribution >= 0.6 is 11.3 Å². The van der Waals surface area contributed by atoms with Gasteiger partial charge in [0.25, 0.3) is 0 Å². The predicted octanol–water partition coefficient (Wildman–Crippen LogP) is 9.54. The van der Waals surface area contributed by atoms with Gasteiger partial charge in [0.05, 0.1) is 10.6 Å². The number of fused-ring (bicyclic) bond motifs is 7. The first-order chi connectivity index (χ1) is 17.8. The van der Waals surface area contributed by atoms with Crippen molar-refractivity contribution in [2.45, 2.75) is 98.8 Å². The van der Waals surface area contributed by atoms with Gasteiger partial charge in [-0.2, -0.15) is 0 Å². The van der Waals surface area contributed by atoms with E-state index in [0.29, 0.717) is 10.8 Å². The molecule has 0 amide bonds. The Labute approximate surface area is 229 Å².